The van der Waals surface area contributed by atoms with Crippen LogP contribution in [0.15, 0.2) is 52.0 Å². The zero-order valence-electron chi connectivity index (χ0n) is 12.9. The highest BCUT2D eigenvalue weighted by molar-refractivity contribution is 7.89. The van der Waals surface area contributed by atoms with Crippen LogP contribution in [0.4, 0.5) is 0 Å². The van der Waals surface area contributed by atoms with Gasteiger partial charge in [0.15, 0.2) is 0 Å². The predicted octanol–water partition coefficient (Wildman–Crippen LogP) is 3.89. The number of hydrogen-bond donors (Lipinski definition) is 0. The van der Waals surface area contributed by atoms with Crippen molar-refractivity contribution in [2.24, 2.45) is 0 Å². The van der Waals surface area contributed by atoms with Crippen molar-refractivity contribution in [2.75, 3.05) is 0 Å². The second kappa shape index (κ2) is 5.89. The van der Waals surface area contributed by atoms with E-state index >= 15 is 0 Å². The number of rotatable bonds is 3. The third-order valence-electron chi connectivity index (χ3n) is 4.31. The van der Waals surface area contributed by atoms with Crippen LogP contribution in [0.3, 0.4) is 0 Å². The molecule has 118 valence electrons. The summed E-state index contributed by atoms with van der Waals surface area (Å²) in [6.07, 6.45) is 4.28. The molecule has 5 heteroatoms. The first kappa shape index (κ1) is 15.3. The van der Waals surface area contributed by atoms with E-state index in [1.165, 1.54) is 0 Å². The molecule has 22 heavy (non-hydrogen) atoms. The topological polar surface area (TPSA) is 50.5 Å². The third kappa shape index (κ3) is 2.71. The van der Waals surface area contributed by atoms with Crippen molar-refractivity contribution in [2.45, 2.75) is 50.1 Å². The van der Waals surface area contributed by atoms with Gasteiger partial charge in [0.25, 0.3) is 0 Å². The second-order valence-corrected chi connectivity index (χ2v) is 7.80. The molecular formula is C17H21NO3S. The molecule has 0 radical (unpaired) electrons. The molecule has 2 aromatic rings. The molecule has 0 N–H and O–H groups in total. The Morgan fingerprint density at radius 3 is 2.50 bits per heavy atom. The monoisotopic (exact) mass is 319 g/mol. The first-order valence-electron chi connectivity index (χ1n) is 7.64. The molecule has 3 rings (SSSR count). The lowest BCUT2D eigenvalue weighted by molar-refractivity contribution is 0.172. The van der Waals surface area contributed by atoms with Crippen molar-refractivity contribution < 1.29 is 12.8 Å². The van der Waals surface area contributed by atoms with Crippen LogP contribution in [-0.4, -0.2) is 18.8 Å². The van der Waals surface area contributed by atoms with Gasteiger partial charge in [-0.1, -0.05) is 17.7 Å². The zero-order chi connectivity index (χ0) is 15.7. The predicted molar refractivity (Wildman–Crippen MR) is 85.0 cm³/mol. The minimum atomic E-state index is -3.53. The summed E-state index contributed by atoms with van der Waals surface area (Å²) in [6.45, 7) is 3.92. The minimum Gasteiger partial charge on any atom is -0.468 e. The molecule has 1 aliphatic heterocycles. The average molecular weight is 319 g/mol. The lowest BCUT2D eigenvalue weighted by Gasteiger charge is -2.38. The second-order valence-electron chi connectivity index (χ2n) is 5.96. The van der Waals surface area contributed by atoms with Crippen LogP contribution in [0, 0.1) is 6.92 Å². The van der Waals surface area contributed by atoms with Crippen LogP contribution in [0.1, 0.15) is 43.6 Å². The van der Waals surface area contributed by atoms with Crippen molar-refractivity contribution >= 4 is 10.0 Å². The first-order chi connectivity index (χ1) is 10.5. The molecule has 0 amide bonds. The van der Waals surface area contributed by atoms with E-state index in [0.717, 1.165) is 30.6 Å². The zero-order valence-corrected chi connectivity index (χ0v) is 13.7. The Balaban J connectivity index is 2.03. The number of sulfonamides is 1. The van der Waals surface area contributed by atoms with Gasteiger partial charge in [0.05, 0.1) is 17.2 Å². The van der Waals surface area contributed by atoms with Crippen molar-refractivity contribution in [1.82, 2.24) is 4.31 Å². The highest BCUT2D eigenvalue weighted by atomic mass is 32.2. The van der Waals surface area contributed by atoms with Crippen LogP contribution in [-0.2, 0) is 10.0 Å². The Morgan fingerprint density at radius 1 is 1.14 bits per heavy atom. The number of furan rings is 1. The molecule has 0 unspecified atom stereocenters. The Kier molecular flexibility index (Phi) is 4.10. The summed E-state index contributed by atoms with van der Waals surface area (Å²) in [6, 6.07) is 10.5. The van der Waals surface area contributed by atoms with Gasteiger partial charge in [0.1, 0.15) is 5.76 Å². The van der Waals surface area contributed by atoms with E-state index in [1.54, 1.807) is 22.7 Å². The standard InChI is InChI=1S/C17H21NO3S/c1-13-8-10-15(11-9-13)22(19,20)18-14(2)5-3-6-16(18)17-7-4-12-21-17/h4,7-12,14,16H,3,5-6H2,1-2H3/t14-,16-/m0/s1. The molecule has 4 nitrogen and oxygen atoms in total. The molecule has 1 aromatic heterocycles. The fourth-order valence-electron chi connectivity index (χ4n) is 3.15. The summed E-state index contributed by atoms with van der Waals surface area (Å²) < 4.78 is 33.3. The maximum absolute atomic E-state index is 13.1. The number of piperidine rings is 1. The molecule has 2 atom stereocenters. The quantitative estimate of drug-likeness (QED) is 0.862. The maximum Gasteiger partial charge on any atom is 0.243 e. The van der Waals surface area contributed by atoms with Gasteiger partial charge in [-0.25, -0.2) is 8.42 Å². The molecule has 1 fully saturated rings. The summed E-state index contributed by atoms with van der Waals surface area (Å²) in [7, 11) is -3.53. The Labute approximate surface area is 131 Å². The summed E-state index contributed by atoms with van der Waals surface area (Å²) in [5.74, 6) is 0.724. The number of benzene rings is 1. The maximum atomic E-state index is 13.1. The van der Waals surface area contributed by atoms with Crippen molar-refractivity contribution in [1.29, 1.82) is 0 Å². The molecule has 2 heterocycles. The van der Waals surface area contributed by atoms with E-state index in [4.69, 9.17) is 4.42 Å². The van der Waals surface area contributed by atoms with Gasteiger partial charge in [-0.2, -0.15) is 4.31 Å². The fourth-order valence-corrected chi connectivity index (χ4v) is 5.00. The number of hydrogen-bond acceptors (Lipinski definition) is 3. The van der Waals surface area contributed by atoms with Crippen molar-refractivity contribution in [3.05, 3.63) is 54.0 Å². The van der Waals surface area contributed by atoms with Gasteiger partial charge in [-0.3, -0.25) is 0 Å². The first-order valence-corrected chi connectivity index (χ1v) is 9.08. The number of aryl methyl sites for hydroxylation is 1. The van der Waals surface area contributed by atoms with E-state index in [-0.39, 0.29) is 12.1 Å². The highest BCUT2D eigenvalue weighted by Crippen LogP contribution is 2.38. The Bertz CT molecular complexity index is 720. The van der Waals surface area contributed by atoms with Gasteiger partial charge in [0, 0.05) is 6.04 Å². The molecule has 0 bridgehead atoms. The highest BCUT2D eigenvalue weighted by Gasteiger charge is 2.39. The van der Waals surface area contributed by atoms with Crippen LogP contribution in [0.2, 0.25) is 0 Å². The van der Waals surface area contributed by atoms with Crippen LogP contribution in [0.25, 0.3) is 0 Å². The van der Waals surface area contributed by atoms with Gasteiger partial charge >= 0.3 is 0 Å². The minimum absolute atomic E-state index is 0.0323. The molecule has 0 spiro atoms. The van der Waals surface area contributed by atoms with Gasteiger partial charge < -0.3 is 4.42 Å². The van der Waals surface area contributed by atoms with E-state index in [2.05, 4.69) is 0 Å². The van der Waals surface area contributed by atoms with Crippen molar-refractivity contribution in [3.8, 4) is 0 Å². The molecule has 0 aliphatic carbocycles. The SMILES string of the molecule is Cc1ccc(S(=O)(=O)N2[C@@H](C)CCC[C@H]2c2ccco2)cc1. The summed E-state index contributed by atoms with van der Waals surface area (Å²) in [4.78, 5) is 0.350. The smallest absolute Gasteiger partial charge is 0.243 e. The largest absolute Gasteiger partial charge is 0.468 e. The van der Waals surface area contributed by atoms with Gasteiger partial charge in [-0.05, 0) is 57.4 Å². The molecule has 1 saturated heterocycles. The summed E-state index contributed by atoms with van der Waals surface area (Å²) in [5, 5.41) is 0. The molecule has 0 saturated carbocycles. The number of nitrogens with zero attached hydrogens (tertiary/aromatic N) is 1. The van der Waals surface area contributed by atoms with Gasteiger partial charge in [-0.15, -0.1) is 0 Å². The van der Waals surface area contributed by atoms with E-state index < -0.39 is 10.0 Å². The Morgan fingerprint density at radius 2 is 1.86 bits per heavy atom. The normalized spacial score (nSPS) is 23.5. The lowest BCUT2D eigenvalue weighted by atomic mass is 9.98. The van der Waals surface area contributed by atoms with Crippen LogP contribution < -0.4 is 0 Å². The lowest BCUT2D eigenvalue weighted by Crippen LogP contribution is -2.44. The van der Waals surface area contributed by atoms with E-state index in [1.807, 2.05) is 38.1 Å². The Hall–Kier alpha value is -1.59. The molecular weight excluding hydrogens is 298 g/mol. The third-order valence-corrected chi connectivity index (χ3v) is 6.35. The van der Waals surface area contributed by atoms with E-state index in [9.17, 15) is 8.42 Å². The van der Waals surface area contributed by atoms with Crippen molar-refractivity contribution in [3.63, 3.8) is 0 Å². The van der Waals surface area contributed by atoms with Crippen LogP contribution in [0.5, 0.6) is 0 Å². The molecule has 1 aliphatic rings. The summed E-state index contributed by atoms with van der Waals surface area (Å²) in [5.41, 5.74) is 1.05. The van der Waals surface area contributed by atoms with E-state index in [0.29, 0.717) is 4.90 Å². The fraction of sp³-hybridized carbons (Fsp3) is 0.412. The average Bonchev–Trinajstić information content (AvgIpc) is 3.01. The van der Waals surface area contributed by atoms with Gasteiger partial charge in [0.2, 0.25) is 10.0 Å². The molecule has 1 aromatic carbocycles. The van der Waals surface area contributed by atoms with Crippen LogP contribution >= 0.6 is 0 Å². The summed E-state index contributed by atoms with van der Waals surface area (Å²) >= 11 is 0.